The van der Waals surface area contributed by atoms with E-state index in [1.165, 1.54) is 0 Å². The molecule has 0 spiro atoms. The van der Waals surface area contributed by atoms with Gasteiger partial charge in [-0.05, 0) is 51.2 Å². The molecule has 1 amide bonds. The second kappa shape index (κ2) is 7.64. The number of fused-ring (bicyclic) bond motifs is 2. The van der Waals surface area contributed by atoms with Crippen molar-refractivity contribution < 1.29 is 9.53 Å². The Kier molecular flexibility index (Phi) is 4.95. The molecule has 2 aromatic rings. The highest BCUT2D eigenvalue weighted by Crippen LogP contribution is 2.46. The van der Waals surface area contributed by atoms with Crippen molar-refractivity contribution in [3.05, 3.63) is 40.0 Å². The number of rotatable bonds is 5. The first kappa shape index (κ1) is 19.5. The molecule has 2 bridgehead atoms. The SMILES string of the molecule is Cc1csc(C2(OCC(=O)N3CC4CCC(C3)N4c3ccc(C#N)cn3)CCC2)n1. The number of nitrogens with zero attached hydrogens (tertiary/aromatic N) is 5. The minimum Gasteiger partial charge on any atom is -0.358 e. The number of aromatic nitrogens is 2. The highest BCUT2D eigenvalue weighted by Gasteiger charge is 2.45. The molecule has 30 heavy (non-hydrogen) atoms. The third-order valence-corrected chi connectivity index (χ3v) is 7.76. The molecule has 1 aliphatic carbocycles. The normalized spacial score (nSPS) is 24.4. The predicted octanol–water partition coefficient (Wildman–Crippen LogP) is 2.99. The van der Waals surface area contributed by atoms with Crippen molar-refractivity contribution in [2.24, 2.45) is 0 Å². The molecule has 0 radical (unpaired) electrons. The second-order valence-corrected chi connectivity index (χ2v) is 9.40. The maximum absolute atomic E-state index is 13.0. The number of likely N-dealkylation sites (tertiary alicyclic amines) is 1. The molecule has 2 atom stereocenters. The maximum atomic E-state index is 13.0. The molecule has 3 fully saturated rings. The molecule has 1 saturated carbocycles. The number of carbonyl (C=O) groups is 1. The first-order chi connectivity index (χ1) is 14.6. The molecule has 2 saturated heterocycles. The van der Waals surface area contributed by atoms with Crippen LogP contribution in [-0.4, -0.2) is 52.6 Å². The van der Waals surface area contributed by atoms with Gasteiger partial charge in [0.2, 0.25) is 5.91 Å². The average molecular weight is 424 g/mol. The van der Waals surface area contributed by atoms with Gasteiger partial charge in [0.15, 0.2) is 0 Å². The van der Waals surface area contributed by atoms with Crippen molar-refractivity contribution in [1.29, 1.82) is 5.26 Å². The quantitative estimate of drug-likeness (QED) is 0.735. The number of hydrogen-bond donors (Lipinski definition) is 0. The summed E-state index contributed by atoms with van der Waals surface area (Å²) in [5.74, 6) is 0.969. The summed E-state index contributed by atoms with van der Waals surface area (Å²) in [6.45, 7) is 3.51. The van der Waals surface area contributed by atoms with E-state index in [9.17, 15) is 4.79 Å². The van der Waals surface area contributed by atoms with Gasteiger partial charge >= 0.3 is 0 Å². The summed E-state index contributed by atoms with van der Waals surface area (Å²) in [4.78, 5) is 26.4. The summed E-state index contributed by atoms with van der Waals surface area (Å²) >= 11 is 1.64. The average Bonchev–Trinajstić information content (AvgIpc) is 3.27. The van der Waals surface area contributed by atoms with Crippen LogP contribution >= 0.6 is 11.3 Å². The van der Waals surface area contributed by atoms with Crippen LogP contribution in [0.15, 0.2) is 23.7 Å². The van der Waals surface area contributed by atoms with E-state index in [-0.39, 0.29) is 30.2 Å². The molecule has 2 unspecified atom stereocenters. The Labute approximate surface area is 180 Å². The van der Waals surface area contributed by atoms with Crippen molar-refractivity contribution in [3.8, 4) is 6.07 Å². The van der Waals surface area contributed by atoms with Crippen molar-refractivity contribution in [2.75, 3.05) is 24.6 Å². The lowest BCUT2D eigenvalue weighted by Crippen LogP contribution is -2.56. The summed E-state index contributed by atoms with van der Waals surface area (Å²) < 4.78 is 6.21. The zero-order valence-electron chi connectivity index (χ0n) is 17.1. The number of piperazine rings is 1. The van der Waals surface area contributed by atoms with E-state index in [1.54, 1.807) is 17.5 Å². The molecular formula is C22H25N5O2S. The van der Waals surface area contributed by atoms with E-state index >= 15 is 0 Å². The van der Waals surface area contributed by atoms with Gasteiger partial charge in [0, 0.05) is 42.4 Å². The third-order valence-electron chi connectivity index (χ3n) is 6.62. The number of thiazole rings is 1. The number of amides is 1. The molecular weight excluding hydrogens is 398 g/mol. The number of ether oxygens (including phenoxy) is 1. The lowest BCUT2D eigenvalue weighted by atomic mass is 9.80. The van der Waals surface area contributed by atoms with Gasteiger partial charge in [-0.1, -0.05) is 0 Å². The summed E-state index contributed by atoms with van der Waals surface area (Å²) in [7, 11) is 0. The molecule has 2 aromatic heterocycles. The lowest BCUT2D eigenvalue weighted by molar-refractivity contribution is -0.154. The summed E-state index contributed by atoms with van der Waals surface area (Å²) in [5, 5.41) is 12.1. The van der Waals surface area contributed by atoms with Gasteiger partial charge < -0.3 is 14.5 Å². The zero-order valence-corrected chi connectivity index (χ0v) is 17.9. The molecule has 4 heterocycles. The molecule has 7 nitrogen and oxygen atoms in total. The zero-order chi connectivity index (χ0) is 20.7. The number of nitriles is 1. The van der Waals surface area contributed by atoms with Gasteiger partial charge in [-0.25, -0.2) is 9.97 Å². The van der Waals surface area contributed by atoms with Gasteiger partial charge in [-0.15, -0.1) is 11.3 Å². The minimum atomic E-state index is -0.359. The van der Waals surface area contributed by atoms with Crippen LogP contribution in [0.3, 0.4) is 0 Å². The number of aryl methyl sites for hydroxylation is 1. The Hall–Kier alpha value is -2.50. The van der Waals surface area contributed by atoms with Crippen molar-refractivity contribution in [1.82, 2.24) is 14.9 Å². The van der Waals surface area contributed by atoms with Crippen LogP contribution in [-0.2, 0) is 15.1 Å². The van der Waals surface area contributed by atoms with E-state index in [0.29, 0.717) is 18.7 Å². The Bertz CT molecular complexity index is 964. The molecule has 5 rings (SSSR count). The van der Waals surface area contributed by atoms with Gasteiger partial charge in [0.05, 0.1) is 5.56 Å². The number of hydrogen-bond acceptors (Lipinski definition) is 7. The number of anilines is 1. The summed E-state index contributed by atoms with van der Waals surface area (Å²) in [5.41, 5.74) is 1.22. The van der Waals surface area contributed by atoms with Crippen molar-refractivity contribution >= 4 is 23.1 Å². The molecule has 3 aliphatic rings. The van der Waals surface area contributed by atoms with Crippen LogP contribution in [0.5, 0.6) is 0 Å². The van der Waals surface area contributed by atoms with Crippen LogP contribution in [0.1, 0.15) is 48.4 Å². The smallest absolute Gasteiger partial charge is 0.248 e. The van der Waals surface area contributed by atoms with Crippen LogP contribution < -0.4 is 4.90 Å². The monoisotopic (exact) mass is 423 g/mol. The lowest BCUT2D eigenvalue weighted by Gasteiger charge is -2.43. The maximum Gasteiger partial charge on any atom is 0.248 e. The van der Waals surface area contributed by atoms with Gasteiger partial charge in [0.25, 0.3) is 0 Å². The summed E-state index contributed by atoms with van der Waals surface area (Å²) in [6, 6.07) is 6.38. The van der Waals surface area contributed by atoms with E-state index in [1.807, 2.05) is 24.0 Å². The molecule has 8 heteroatoms. The fraction of sp³-hybridized carbons (Fsp3) is 0.545. The fourth-order valence-corrected chi connectivity index (χ4v) is 5.87. The Balaban J connectivity index is 1.23. The standard InChI is InChI=1S/C22H25N5O2S/c1-15-14-30-21(25-15)22(7-2-8-22)29-13-20(28)26-11-17-4-5-18(12-26)27(17)19-6-3-16(9-23)10-24-19/h3,6,10,14,17-18H,2,4-5,7-8,11-13H2,1H3. The number of carbonyl (C=O) groups excluding carboxylic acids is 1. The Morgan fingerprint density at radius 2 is 2.10 bits per heavy atom. The van der Waals surface area contributed by atoms with Crippen LogP contribution in [0.2, 0.25) is 0 Å². The minimum absolute atomic E-state index is 0.0684. The van der Waals surface area contributed by atoms with Crippen LogP contribution in [0.25, 0.3) is 0 Å². The van der Waals surface area contributed by atoms with Crippen LogP contribution in [0.4, 0.5) is 5.82 Å². The van der Waals surface area contributed by atoms with E-state index in [0.717, 1.165) is 48.6 Å². The highest BCUT2D eigenvalue weighted by atomic mass is 32.1. The second-order valence-electron chi connectivity index (χ2n) is 8.54. The van der Waals surface area contributed by atoms with Gasteiger partial charge in [-0.2, -0.15) is 5.26 Å². The van der Waals surface area contributed by atoms with E-state index in [4.69, 9.17) is 10.00 Å². The number of pyridine rings is 1. The Morgan fingerprint density at radius 3 is 2.63 bits per heavy atom. The van der Waals surface area contributed by atoms with Gasteiger partial charge in [-0.3, -0.25) is 4.79 Å². The molecule has 2 aliphatic heterocycles. The van der Waals surface area contributed by atoms with Gasteiger partial charge in [0.1, 0.15) is 29.1 Å². The van der Waals surface area contributed by atoms with Crippen LogP contribution in [0, 0.1) is 18.3 Å². The predicted molar refractivity (Wildman–Crippen MR) is 113 cm³/mol. The largest absolute Gasteiger partial charge is 0.358 e. The van der Waals surface area contributed by atoms with E-state index < -0.39 is 0 Å². The highest BCUT2D eigenvalue weighted by molar-refractivity contribution is 7.09. The van der Waals surface area contributed by atoms with Crippen molar-refractivity contribution in [3.63, 3.8) is 0 Å². The first-order valence-electron chi connectivity index (χ1n) is 10.6. The molecule has 0 N–H and O–H groups in total. The van der Waals surface area contributed by atoms with Crippen molar-refractivity contribution in [2.45, 2.75) is 56.7 Å². The molecule has 156 valence electrons. The summed E-state index contributed by atoms with van der Waals surface area (Å²) in [6.07, 6.45) is 6.73. The topological polar surface area (TPSA) is 82.4 Å². The molecule has 0 aromatic carbocycles. The Morgan fingerprint density at radius 1 is 1.33 bits per heavy atom. The third kappa shape index (κ3) is 3.36. The van der Waals surface area contributed by atoms with E-state index in [2.05, 4.69) is 26.3 Å². The first-order valence-corrected chi connectivity index (χ1v) is 11.4. The fourth-order valence-electron chi connectivity index (χ4n) is 4.86.